The van der Waals surface area contributed by atoms with E-state index in [0.717, 1.165) is 6.20 Å². The number of amides is 1. The number of aromatic nitrogens is 2. The fourth-order valence-corrected chi connectivity index (χ4v) is 1.08. The van der Waals surface area contributed by atoms with Crippen molar-refractivity contribution in [1.29, 1.82) is 0 Å². The van der Waals surface area contributed by atoms with Crippen molar-refractivity contribution >= 4 is 11.9 Å². The molecule has 20 heavy (non-hydrogen) atoms. The molecule has 0 radical (unpaired) electrons. The van der Waals surface area contributed by atoms with E-state index in [0.29, 0.717) is 0 Å². The van der Waals surface area contributed by atoms with E-state index >= 15 is 0 Å². The van der Waals surface area contributed by atoms with E-state index in [-0.39, 0.29) is 5.69 Å². The standard InChI is InChI=1S/C8H7F5N4O3/c9-7(10,8(11,12)13)3-15-5(18)1-4-2-14-6(16-4)17(19)20/h2H,1,3H2,(H,14,16)(H,15,18). The van der Waals surface area contributed by atoms with Gasteiger partial charge in [-0.1, -0.05) is 4.98 Å². The lowest BCUT2D eigenvalue weighted by Crippen LogP contribution is -2.47. The SMILES string of the molecule is O=C(Cc1cnc([N+](=O)[O-])[nH]1)NCC(F)(F)C(F)(F)F. The first-order chi connectivity index (χ1) is 9.03. The van der Waals surface area contributed by atoms with Crippen LogP contribution in [0.25, 0.3) is 0 Å². The molecule has 0 fully saturated rings. The molecule has 0 saturated heterocycles. The van der Waals surface area contributed by atoms with E-state index in [1.54, 1.807) is 0 Å². The third-order valence-electron chi connectivity index (χ3n) is 2.06. The Hall–Kier alpha value is -2.27. The molecule has 1 amide bonds. The molecule has 0 aliphatic carbocycles. The largest absolute Gasteiger partial charge is 0.455 e. The smallest absolute Gasteiger partial charge is 0.390 e. The number of carbonyl (C=O) groups excluding carboxylic acids is 1. The molecule has 0 spiro atoms. The van der Waals surface area contributed by atoms with Crippen molar-refractivity contribution in [3.8, 4) is 0 Å². The zero-order valence-electron chi connectivity index (χ0n) is 9.50. The maximum absolute atomic E-state index is 12.5. The number of nitro groups is 1. The fraction of sp³-hybridized carbons (Fsp3) is 0.500. The van der Waals surface area contributed by atoms with Crippen LogP contribution in [0.4, 0.5) is 27.9 Å². The van der Waals surface area contributed by atoms with Crippen LogP contribution in [0.15, 0.2) is 6.20 Å². The van der Waals surface area contributed by atoms with Gasteiger partial charge in [-0.3, -0.25) is 4.79 Å². The van der Waals surface area contributed by atoms with E-state index in [1.165, 1.54) is 5.32 Å². The first-order valence-electron chi connectivity index (χ1n) is 4.92. The van der Waals surface area contributed by atoms with Crippen LogP contribution in [-0.4, -0.2) is 39.4 Å². The molecular weight excluding hydrogens is 295 g/mol. The Morgan fingerprint density at radius 2 is 2.00 bits per heavy atom. The Labute approximate surface area is 107 Å². The van der Waals surface area contributed by atoms with E-state index in [4.69, 9.17) is 0 Å². The maximum Gasteiger partial charge on any atom is 0.455 e. The molecule has 1 aromatic heterocycles. The minimum atomic E-state index is -5.77. The number of aromatic amines is 1. The molecule has 7 nitrogen and oxygen atoms in total. The second-order valence-electron chi connectivity index (χ2n) is 3.64. The lowest BCUT2D eigenvalue weighted by molar-refractivity contribution is -0.393. The monoisotopic (exact) mass is 302 g/mol. The van der Waals surface area contributed by atoms with Crippen molar-refractivity contribution < 1.29 is 31.7 Å². The summed E-state index contributed by atoms with van der Waals surface area (Å²) in [5, 5.41) is 11.6. The first-order valence-corrected chi connectivity index (χ1v) is 4.92. The summed E-state index contributed by atoms with van der Waals surface area (Å²) in [5.74, 6) is -6.89. The van der Waals surface area contributed by atoms with Gasteiger partial charge in [-0.15, -0.1) is 0 Å². The van der Waals surface area contributed by atoms with E-state index < -0.39 is 41.8 Å². The van der Waals surface area contributed by atoms with Gasteiger partial charge in [0.2, 0.25) is 5.91 Å². The highest BCUT2D eigenvalue weighted by Crippen LogP contribution is 2.34. The zero-order valence-corrected chi connectivity index (χ0v) is 9.50. The predicted octanol–water partition coefficient (Wildman–Crippen LogP) is 1.17. The lowest BCUT2D eigenvalue weighted by atomic mass is 10.3. The second kappa shape index (κ2) is 5.38. The highest BCUT2D eigenvalue weighted by atomic mass is 19.4. The summed E-state index contributed by atoms with van der Waals surface area (Å²) < 4.78 is 60.4. The molecular formula is C8H7F5N4O3. The summed E-state index contributed by atoms with van der Waals surface area (Å²) >= 11 is 0. The van der Waals surface area contributed by atoms with Crippen LogP contribution in [0.2, 0.25) is 0 Å². The van der Waals surface area contributed by atoms with Crippen LogP contribution in [0.1, 0.15) is 5.69 Å². The van der Waals surface area contributed by atoms with E-state index in [1.807, 2.05) is 0 Å². The molecule has 12 heteroatoms. The van der Waals surface area contributed by atoms with Crippen LogP contribution in [0.5, 0.6) is 0 Å². The molecule has 0 atom stereocenters. The number of alkyl halides is 5. The molecule has 0 aliphatic heterocycles. The molecule has 0 aliphatic rings. The Bertz CT molecular complexity index is 512. The molecule has 112 valence electrons. The predicted molar refractivity (Wildman–Crippen MR) is 53.0 cm³/mol. The first kappa shape index (κ1) is 15.8. The Kier molecular flexibility index (Phi) is 4.25. The van der Waals surface area contributed by atoms with E-state index in [2.05, 4.69) is 9.97 Å². The Morgan fingerprint density at radius 3 is 2.45 bits per heavy atom. The summed E-state index contributed by atoms with van der Waals surface area (Å²) in [7, 11) is 0. The van der Waals surface area contributed by atoms with Gasteiger partial charge in [-0.05, 0) is 4.92 Å². The molecule has 1 heterocycles. The molecule has 2 N–H and O–H groups in total. The second-order valence-corrected chi connectivity index (χ2v) is 3.64. The Morgan fingerprint density at radius 1 is 1.40 bits per heavy atom. The van der Waals surface area contributed by atoms with Crippen LogP contribution >= 0.6 is 0 Å². The van der Waals surface area contributed by atoms with Crippen LogP contribution < -0.4 is 5.32 Å². The summed E-state index contributed by atoms with van der Waals surface area (Å²) in [6.45, 7) is -1.91. The number of hydrogen-bond acceptors (Lipinski definition) is 4. The van der Waals surface area contributed by atoms with Crippen molar-refractivity contribution in [2.24, 2.45) is 0 Å². The van der Waals surface area contributed by atoms with Crippen molar-refractivity contribution in [1.82, 2.24) is 15.3 Å². The number of halogens is 5. The average molecular weight is 302 g/mol. The number of nitrogens with one attached hydrogen (secondary N) is 2. The topological polar surface area (TPSA) is 101 Å². The van der Waals surface area contributed by atoms with Gasteiger partial charge >= 0.3 is 18.0 Å². The molecule has 0 saturated carbocycles. The van der Waals surface area contributed by atoms with Crippen LogP contribution in [0.3, 0.4) is 0 Å². The van der Waals surface area contributed by atoms with Crippen molar-refractivity contribution in [2.75, 3.05) is 6.54 Å². The highest BCUT2D eigenvalue weighted by molar-refractivity contribution is 5.78. The third kappa shape index (κ3) is 3.86. The number of carbonyl (C=O) groups is 1. The average Bonchev–Trinajstić information content (AvgIpc) is 2.73. The molecule has 1 aromatic rings. The molecule has 0 bridgehead atoms. The number of nitrogens with zero attached hydrogens (tertiary/aromatic N) is 2. The summed E-state index contributed by atoms with van der Waals surface area (Å²) in [6.07, 6.45) is -5.51. The normalized spacial score (nSPS) is 12.2. The van der Waals surface area contributed by atoms with Crippen molar-refractivity contribution in [2.45, 2.75) is 18.5 Å². The van der Waals surface area contributed by atoms with Crippen LogP contribution in [-0.2, 0) is 11.2 Å². The Balaban J connectivity index is 2.54. The van der Waals surface area contributed by atoms with Crippen molar-refractivity contribution in [3.63, 3.8) is 0 Å². The third-order valence-corrected chi connectivity index (χ3v) is 2.06. The van der Waals surface area contributed by atoms with Gasteiger partial charge < -0.3 is 15.4 Å². The maximum atomic E-state index is 12.5. The van der Waals surface area contributed by atoms with Gasteiger partial charge in [0.15, 0.2) is 0 Å². The number of H-pyrrole nitrogens is 1. The summed E-state index contributed by atoms with van der Waals surface area (Å²) in [6, 6.07) is 0. The number of hydrogen-bond donors (Lipinski definition) is 2. The van der Waals surface area contributed by atoms with Gasteiger partial charge in [0.25, 0.3) is 0 Å². The number of imidazole rings is 1. The summed E-state index contributed by atoms with van der Waals surface area (Å²) in [4.78, 5) is 25.8. The number of rotatable bonds is 5. The molecule has 0 aromatic carbocycles. The zero-order chi connectivity index (χ0) is 15.6. The van der Waals surface area contributed by atoms with E-state index in [9.17, 15) is 36.9 Å². The van der Waals surface area contributed by atoms with Gasteiger partial charge in [0.05, 0.1) is 13.0 Å². The van der Waals surface area contributed by atoms with Crippen LogP contribution in [0, 0.1) is 10.1 Å². The van der Waals surface area contributed by atoms with Gasteiger partial charge in [-0.2, -0.15) is 22.0 Å². The van der Waals surface area contributed by atoms with Crippen molar-refractivity contribution in [3.05, 3.63) is 22.0 Å². The fourth-order valence-electron chi connectivity index (χ4n) is 1.08. The highest BCUT2D eigenvalue weighted by Gasteiger charge is 2.57. The lowest BCUT2D eigenvalue weighted by Gasteiger charge is -2.19. The van der Waals surface area contributed by atoms with Gasteiger partial charge in [0, 0.05) is 0 Å². The summed E-state index contributed by atoms with van der Waals surface area (Å²) in [5.41, 5.74) is -0.0930. The molecule has 1 rings (SSSR count). The minimum absolute atomic E-state index is 0.0930. The quantitative estimate of drug-likeness (QED) is 0.484. The minimum Gasteiger partial charge on any atom is -0.390 e. The molecule has 0 unspecified atom stereocenters. The van der Waals surface area contributed by atoms with Gasteiger partial charge in [-0.25, -0.2) is 4.98 Å². The van der Waals surface area contributed by atoms with Gasteiger partial charge in [0.1, 0.15) is 11.9 Å².